The zero-order valence-corrected chi connectivity index (χ0v) is 16.9. The van der Waals surface area contributed by atoms with E-state index >= 15 is 0 Å². The first kappa shape index (κ1) is 19.8. The van der Waals surface area contributed by atoms with Crippen LogP contribution in [0, 0.1) is 6.92 Å². The van der Waals surface area contributed by atoms with Crippen LogP contribution < -0.4 is 10.1 Å². The summed E-state index contributed by atoms with van der Waals surface area (Å²) >= 11 is 1.61. The highest BCUT2D eigenvalue weighted by molar-refractivity contribution is 7.09. The van der Waals surface area contributed by atoms with Gasteiger partial charge in [0.2, 0.25) is 5.91 Å². The molecule has 1 amide bonds. The molecule has 28 heavy (non-hydrogen) atoms. The summed E-state index contributed by atoms with van der Waals surface area (Å²) in [5.74, 6) is 0.873. The molecule has 0 saturated heterocycles. The number of amides is 1. The molecule has 2 aromatic carbocycles. The van der Waals surface area contributed by atoms with Crippen LogP contribution in [0.3, 0.4) is 0 Å². The van der Waals surface area contributed by atoms with Gasteiger partial charge in [-0.1, -0.05) is 55.5 Å². The van der Waals surface area contributed by atoms with Crippen LogP contribution in [0.5, 0.6) is 5.75 Å². The summed E-state index contributed by atoms with van der Waals surface area (Å²) < 4.78 is 5.89. The van der Waals surface area contributed by atoms with Crippen LogP contribution in [-0.4, -0.2) is 17.4 Å². The summed E-state index contributed by atoms with van der Waals surface area (Å²) in [5, 5.41) is 5.97. The Morgan fingerprint density at radius 2 is 1.93 bits per heavy atom. The van der Waals surface area contributed by atoms with Crippen molar-refractivity contribution in [2.24, 2.45) is 0 Å². The first-order valence-corrected chi connectivity index (χ1v) is 10.1. The quantitative estimate of drug-likeness (QED) is 0.551. The molecule has 3 aromatic rings. The topological polar surface area (TPSA) is 51.2 Å². The predicted octanol–water partition coefficient (Wildman–Crippen LogP) is 4.96. The normalized spacial score (nSPS) is 12.1. The van der Waals surface area contributed by atoms with Crippen LogP contribution in [0.1, 0.15) is 34.7 Å². The fraction of sp³-hybridized carbons (Fsp3) is 0.217. The lowest BCUT2D eigenvalue weighted by Gasteiger charge is -2.12. The molecule has 1 N–H and O–H groups in total. The van der Waals surface area contributed by atoms with Crippen LogP contribution in [0.2, 0.25) is 0 Å². The molecule has 5 heteroatoms. The van der Waals surface area contributed by atoms with Crippen molar-refractivity contribution in [1.29, 1.82) is 0 Å². The maximum absolute atomic E-state index is 12.2. The molecule has 4 nitrogen and oxygen atoms in total. The molecule has 144 valence electrons. The third kappa shape index (κ3) is 5.79. The SMILES string of the molecule is Cc1nc(COc2ccccc2/C=C/C(=O)NCC(C)c2ccccc2)cs1. The Kier molecular flexibility index (Phi) is 6.98. The van der Waals surface area contributed by atoms with Crippen molar-refractivity contribution in [3.05, 3.63) is 87.9 Å². The van der Waals surface area contributed by atoms with E-state index in [0.29, 0.717) is 13.2 Å². The minimum atomic E-state index is -0.118. The number of carbonyl (C=O) groups is 1. The van der Waals surface area contributed by atoms with Crippen LogP contribution in [0.4, 0.5) is 0 Å². The average Bonchev–Trinajstić information content (AvgIpc) is 3.15. The van der Waals surface area contributed by atoms with Gasteiger partial charge in [0, 0.05) is 23.6 Å². The summed E-state index contributed by atoms with van der Waals surface area (Å²) in [6.07, 6.45) is 3.33. The number of aromatic nitrogens is 1. The van der Waals surface area contributed by atoms with Crippen molar-refractivity contribution in [2.75, 3.05) is 6.54 Å². The van der Waals surface area contributed by atoms with Gasteiger partial charge in [-0.3, -0.25) is 4.79 Å². The lowest BCUT2D eigenvalue weighted by atomic mass is 10.0. The number of nitrogens with zero attached hydrogens (tertiary/aromatic N) is 1. The second kappa shape index (κ2) is 9.85. The van der Waals surface area contributed by atoms with Crippen LogP contribution >= 0.6 is 11.3 Å². The van der Waals surface area contributed by atoms with E-state index < -0.39 is 0 Å². The van der Waals surface area contributed by atoms with Gasteiger partial charge in [0.05, 0.1) is 10.7 Å². The largest absolute Gasteiger partial charge is 0.487 e. The van der Waals surface area contributed by atoms with Gasteiger partial charge < -0.3 is 10.1 Å². The molecule has 0 aliphatic rings. The van der Waals surface area contributed by atoms with Gasteiger partial charge in [0.1, 0.15) is 12.4 Å². The molecule has 0 bridgehead atoms. The van der Waals surface area contributed by atoms with E-state index in [1.165, 1.54) is 5.56 Å². The van der Waals surface area contributed by atoms with Gasteiger partial charge in [-0.25, -0.2) is 4.98 Å². The van der Waals surface area contributed by atoms with E-state index in [2.05, 4.69) is 29.4 Å². The molecule has 0 saturated carbocycles. The predicted molar refractivity (Wildman–Crippen MR) is 115 cm³/mol. The van der Waals surface area contributed by atoms with Gasteiger partial charge in [-0.2, -0.15) is 0 Å². The van der Waals surface area contributed by atoms with E-state index in [0.717, 1.165) is 22.0 Å². The molecule has 1 unspecified atom stereocenters. The van der Waals surface area contributed by atoms with Crippen molar-refractivity contribution in [1.82, 2.24) is 10.3 Å². The van der Waals surface area contributed by atoms with Gasteiger partial charge in [-0.15, -0.1) is 11.3 Å². The number of para-hydroxylation sites is 1. The number of nitrogens with one attached hydrogen (secondary N) is 1. The molecule has 1 atom stereocenters. The molecule has 0 aliphatic carbocycles. The van der Waals surface area contributed by atoms with Gasteiger partial charge in [0.15, 0.2) is 0 Å². The Morgan fingerprint density at radius 3 is 2.68 bits per heavy atom. The second-order valence-corrected chi connectivity index (χ2v) is 7.64. The first-order valence-electron chi connectivity index (χ1n) is 9.25. The van der Waals surface area contributed by atoms with Gasteiger partial charge in [-0.05, 0) is 30.5 Å². The number of hydrogen-bond donors (Lipinski definition) is 1. The lowest BCUT2D eigenvalue weighted by molar-refractivity contribution is -0.116. The summed E-state index contributed by atoms with van der Waals surface area (Å²) in [7, 11) is 0. The molecular formula is C23H24N2O2S. The number of aryl methyl sites for hydroxylation is 1. The third-order valence-electron chi connectivity index (χ3n) is 4.33. The van der Waals surface area contributed by atoms with Crippen molar-refractivity contribution < 1.29 is 9.53 Å². The number of carbonyl (C=O) groups excluding carboxylic acids is 1. The zero-order chi connectivity index (χ0) is 19.8. The average molecular weight is 393 g/mol. The highest BCUT2D eigenvalue weighted by Gasteiger charge is 2.07. The van der Waals surface area contributed by atoms with Gasteiger partial charge in [0.25, 0.3) is 0 Å². The number of thiazole rings is 1. The van der Waals surface area contributed by atoms with Crippen LogP contribution in [0.25, 0.3) is 6.08 Å². The Hall–Kier alpha value is -2.92. The number of ether oxygens (including phenoxy) is 1. The Morgan fingerprint density at radius 1 is 1.18 bits per heavy atom. The molecular weight excluding hydrogens is 368 g/mol. The van der Waals surface area contributed by atoms with Gasteiger partial charge >= 0.3 is 0 Å². The van der Waals surface area contributed by atoms with E-state index in [4.69, 9.17) is 4.74 Å². The lowest BCUT2D eigenvalue weighted by Crippen LogP contribution is -2.25. The highest BCUT2D eigenvalue weighted by Crippen LogP contribution is 2.21. The smallest absolute Gasteiger partial charge is 0.244 e. The Balaban J connectivity index is 1.55. The molecule has 0 fully saturated rings. The van der Waals surface area contributed by atoms with E-state index in [1.54, 1.807) is 23.5 Å². The van der Waals surface area contributed by atoms with Crippen molar-refractivity contribution in [3.8, 4) is 5.75 Å². The Bertz CT molecular complexity index is 935. The minimum absolute atomic E-state index is 0.118. The molecule has 3 rings (SSSR count). The van der Waals surface area contributed by atoms with E-state index in [-0.39, 0.29) is 11.8 Å². The fourth-order valence-electron chi connectivity index (χ4n) is 2.75. The third-order valence-corrected chi connectivity index (χ3v) is 5.15. The molecule has 0 radical (unpaired) electrons. The summed E-state index contributed by atoms with van der Waals surface area (Å²) in [6.45, 7) is 5.08. The van der Waals surface area contributed by atoms with Crippen molar-refractivity contribution in [3.63, 3.8) is 0 Å². The zero-order valence-electron chi connectivity index (χ0n) is 16.1. The monoisotopic (exact) mass is 392 g/mol. The summed E-state index contributed by atoms with van der Waals surface area (Å²) in [5.41, 5.74) is 2.98. The first-order chi connectivity index (χ1) is 13.6. The molecule has 0 aliphatic heterocycles. The van der Waals surface area contributed by atoms with Crippen molar-refractivity contribution in [2.45, 2.75) is 26.4 Å². The maximum atomic E-state index is 12.2. The molecule has 1 heterocycles. The number of hydrogen-bond acceptors (Lipinski definition) is 4. The van der Waals surface area contributed by atoms with Crippen LogP contribution in [0.15, 0.2) is 66.1 Å². The second-order valence-electron chi connectivity index (χ2n) is 6.57. The van der Waals surface area contributed by atoms with E-state index in [1.807, 2.05) is 54.8 Å². The number of benzene rings is 2. The molecule has 1 aromatic heterocycles. The molecule has 0 spiro atoms. The summed E-state index contributed by atoms with van der Waals surface area (Å²) in [6, 6.07) is 17.8. The van der Waals surface area contributed by atoms with E-state index in [9.17, 15) is 4.79 Å². The standard InChI is InChI=1S/C23H24N2O2S/c1-17(19-8-4-3-5-9-19)14-24-23(26)13-12-20-10-6-7-11-22(20)27-15-21-16-28-18(2)25-21/h3-13,16-17H,14-15H2,1-2H3,(H,24,26)/b13-12+. The fourth-order valence-corrected chi connectivity index (χ4v) is 3.35. The maximum Gasteiger partial charge on any atom is 0.244 e. The van der Waals surface area contributed by atoms with Crippen LogP contribution in [-0.2, 0) is 11.4 Å². The van der Waals surface area contributed by atoms with Crippen molar-refractivity contribution >= 4 is 23.3 Å². The Labute approximate surface area is 169 Å². The minimum Gasteiger partial charge on any atom is -0.487 e. The number of rotatable bonds is 8. The summed E-state index contributed by atoms with van der Waals surface area (Å²) in [4.78, 5) is 16.6. The highest BCUT2D eigenvalue weighted by atomic mass is 32.1.